The molecule has 0 aliphatic carbocycles. The van der Waals surface area contributed by atoms with E-state index in [9.17, 15) is 14.4 Å². The number of fused-ring (bicyclic) bond motifs is 1. The first-order valence-corrected chi connectivity index (χ1v) is 15.7. The largest absolute Gasteiger partial charge is 0.496 e. The van der Waals surface area contributed by atoms with Crippen molar-refractivity contribution in [1.82, 2.24) is 5.32 Å². The Balaban J connectivity index is 1.36. The molecule has 10 heteroatoms. The summed E-state index contributed by atoms with van der Waals surface area (Å²) in [7, 11) is 4.52. The minimum Gasteiger partial charge on any atom is -0.496 e. The van der Waals surface area contributed by atoms with E-state index < -0.39 is 11.8 Å². The second-order valence-electron chi connectivity index (χ2n) is 10.4. The van der Waals surface area contributed by atoms with E-state index in [0.717, 1.165) is 23.4 Å². The zero-order valence-corrected chi connectivity index (χ0v) is 26.7. The summed E-state index contributed by atoms with van der Waals surface area (Å²) in [5, 5.41) is 5.63. The normalized spacial score (nSPS) is 12.5. The number of nitrogens with zero attached hydrogens (tertiary/aromatic N) is 1. The van der Waals surface area contributed by atoms with E-state index in [4.69, 9.17) is 14.2 Å². The van der Waals surface area contributed by atoms with Crippen molar-refractivity contribution in [1.29, 1.82) is 0 Å². The van der Waals surface area contributed by atoms with Gasteiger partial charge < -0.3 is 29.7 Å². The summed E-state index contributed by atoms with van der Waals surface area (Å²) < 4.78 is 16.4. The smallest absolute Gasteiger partial charge is 0.272 e. The molecule has 2 N–H and O–H groups in total. The van der Waals surface area contributed by atoms with Crippen molar-refractivity contribution in [2.24, 2.45) is 0 Å². The van der Waals surface area contributed by atoms with Crippen LogP contribution in [0.4, 0.5) is 11.4 Å². The van der Waals surface area contributed by atoms with Crippen molar-refractivity contribution in [2.45, 2.75) is 17.7 Å². The first-order valence-electron chi connectivity index (χ1n) is 14.7. The summed E-state index contributed by atoms with van der Waals surface area (Å²) in [6.07, 6.45) is 3.42. The predicted octanol–water partition coefficient (Wildman–Crippen LogP) is 6.19. The van der Waals surface area contributed by atoms with E-state index in [1.165, 1.54) is 44.7 Å². The third kappa shape index (κ3) is 7.70. The van der Waals surface area contributed by atoms with Gasteiger partial charge in [-0.3, -0.25) is 14.4 Å². The molecule has 0 saturated carbocycles. The number of carbonyl (C=O) groups excluding carboxylic acids is 3. The number of hydrogen-bond donors (Lipinski definition) is 2. The number of thioether (sulfide) groups is 1. The van der Waals surface area contributed by atoms with E-state index in [-0.39, 0.29) is 17.4 Å². The van der Waals surface area contributed by atoms with Crippen LogP contribution in [0, 0.1) is 0 Å². The number of aryl methyl sites for hydroxylation is 1. The SMILES string of the molecule is COc1cc(OC)c(OC)cc1/C=C(\NC(=O)c1ccccc1)C(=O)Nc1cccc(SCC(=O)N2CCCc3ccccc32)c1. The number of anilines is 2. The average molecular weight is 638 g/mol. The third-order valence-electron chi connectivity index (χ3n) is 7.43. The molecular formula is C36H35N3O6S. The molecule has 46 heavy (non-hydrogen) atoms. The van der Waals surface area contributed by atoms with Crippen molar-refractivity contribution in [3.05, 3.63) is 113 Å². The number of benzene rings is 4. The average Bonchev–Trinajstić information content (AvgIpc) is 3.10. The Morgan fingerprint density at radius 1 is 0.826 bits per heavy atom. The zero-order chi connectivity index (χ0) is 32.5. The van der Waals surface area contributed by atoms with Gasteiger partial charge in [0.2, 0.25) is 5.91 Å². The summed E-state index contributed by atoms with van der Waals surface area (Å²) >= 11 is 1.40. The lowest BCUT2D eigenvalue weighted by Gasteiger charge is -2.29. The highest BCUT2D eigenvalue weighted by Gasteiger charge is 2.22. The summed E-state index contributed by atoms with van der Waals surface area (Å²) in [5.74, 6) is 0.570. The minimum atomic E-state index is -0.552. The van der Waals surface area contributed by atoms with Gasteiger partial charge in [-0.2, -0.15) is 0 Å². The molecule has 5 rings (SSSR count). The van der Waals surface area contributed by atoms with Crippen molar-refractivity contribution in [2.75, 3.05) is 43.8 Å². The van der Waals surface area contributed by atoms with Gasteiger partial charge in [-0.1, -0.05) is 42.5 Å². The highest BCUT2D eigenvalue weighted by Crippen LogP contribution is 2.36. The van der Waals surface area contributed by atoms with E-state index in [1.54, 1.807) is 54.6 Å². The van der Waals surface area contributed by atoms with Crippen LogP contribution >= 0.6 is 11.8 Å². The molecule has 236 valence electrons. The third-order valence-corrected chi connectivity index (χ3v) is 8.41. The second kappa shape index (κ2) is 15.2. The lowest BCUT2D eigenvalue weighted by molar-refractivity contribution is -0.116. The molecule has 1 heterocycles. The number of para-hydroxylation sites is 1. The van der Waals surface area contributed by atoms with Crippen LogP contribution in [0.2, 0.25) is 0 Å². The topological polar surface area (TPSA) is 106 Å². The van der Waals surface area contributed by atoms with Crippen molar-refractivity contribution >= 4 is 46.9 Å². The van der Waals surface area contributed by atoms with Crippen LogP contribution in [0.1, 0.15) is 27.9 Å². The van der Waals surface area contributed by atoms with Crippen LogP contribution < -0.4 is 29.7 Å². The van der Waals surface area contributed by atoms with Crippen LogP contribution in [0.25, 0.3) is 6.08 Å². The molecule has 0 saturated heterocycles. The molecule has 0 unspecified atom stereocenters. The number of nitrogens with one attached hydrogen (secondary N) is 2. The Bertz CT molecular complexity index is 1760. The Morgan fingerprint density at radius 2 is 1.54 bits per heavy atom. The highest BCUT2D eigenvalue weighted by atomic mass is 32.2. The first-order chi connectivity index (χ1) is 22.4. The van der Waals surface area contributed by atoms with Crippen LogP contribution in [-0.4, -0.2) is 51.3 Å². The van der Waals surface area contributed by atoms with Gasteiger partial charge in [0.15, 0.2) is 11.5 Å². The molecule has 1 aliphatic heterocycles. The fraction of sp³-hybridized carbons (Fsp3) is 0.194. The van der Waals surface area contributed by atoms with Gasteiger partial charge in [0.1, 0.15) is 11.4 Å². The van der Waals surface area contributed by atoms with Gasteiger partial charge >= 0.3 is 0 Å². The summed E-state index contributed by atoms with van der Waals surface area (Å²) in [6, 6.07) is 27.2. The van der Waals surface area contributed by atoms with Crippen LogP contribution in [0.5, 0.6) is 17.2 Å². The molecule has 0 fully saturated rings. The minimum absolute atomic E-state index is 0.0172. The molecule has 4 aromatic carbocycles. The molecule has 0 aromatic heterocycles. The number of ether oxygens (including phenoxy) is 3. The van der Waals surface area contributed by atoms with Gasteiger partial charge in [-0.15, -0.1) is 11.8 Å². The molecule has 0 spiro atoms. The van der Waals surface area contributed by atoms with Crippen molar-refractivity contribution < 1.29 is 28.6 Å². The Kier molecular flexibility index (Phi) is 10.6. The molecule has 0 atom stereocenters. The van der Waals surface area contributed by atoms with Crippen LogP contribution in [-0.2, 0) is 16.0 Å². The molecule has 3 amide bonds. The van der Waals surface area contributed by atoms with Crippen LogP contribution in [0.15, 0.2) is 102 Å². The highest BCUT2D eigenvalue weighted by molar-refractivity contribution is 8.00. The van der Waals surface area contributed by atoms with Gasteiger partial charge in [0.05, 0.1) is 27.1 Å². The second-order valence-corrected chi connectivity index (χ2v) is 11.4. The monoisotopic (exact) mass is 637 g/mol. The van der Waals surface area contributed by atoms with E-state index >= 15 is 0 Å². The predicted molar refractivity (Wildman–Crippen MR) is 181 cm³/mol. The maximum absolute atomic E-state index is 13.7. The molecule has 1 aliphatic rings. The standard InChI is InChI=1S/C36H35N3O6S/c1-43-31-22-33(45-3)32(44-2)20-26(31)19-29(38-35(41)25-12-5-4-6-13-25)36(42)37-27-15-9-16-28(21-27)46-23-34(40)39-18-10-14-24-11-7-8-17-30(24)39/h4-9,11-13,15-17,19-22H,10,14,18,23H2,1-3H3,(H,37,42)(H,38,41)/b29-19-. The molecule has 9 nitrogen and oxygen atoms in total. The number of amides is 3. The number of rotatable bonds is 11. The van der Waals surface area contributed by atoms with Gasteiger partial charge in [0.25, 0.3) is 11.8 Å². The number of hydrogen-bond acceptors (Lipinski definition) is 7. The molecule has 4 aromatic rings. The van der Waals surface area contributed by atoms with Gasteiger partial charge in [-0.25, -0.2) is 0 Å². The fourth-order valence-electron chi connectivity index (χ4n) is 5.14. The number of carbonyl (C=O) groups is 3. The quantitative estimate of drug-likeness (QED) is 0.149. The Morgan fingerprint density at radius 3 is 2.30 bits per heavy atom. The Hall–Kier alpha value is -5.22. The van der Waals surface area contributed by atoms with E-state index in [2.05, 4.69) is 16.7 Å². The summed E-state index contributed by atoms with van der Waals surface area (Å²) in [4.78, 5) is 42.7. The Labute approximate surface area is 272 Å². The molecule has 0 radical (unpaired) electrons. The molecular weight excluding hydrogens is 602 g/mol. The van der Waals surface area contributed by atoms with Crippen molar-refractivity contribution in [3.63, 3.8) is 0 Å². The maximum Gasteiger partial charge on any atom is 0.272 e. The van der Waals surface area contributed by atoms with E-state index in [1.807, 2.05) is 35.2 Å². The van der Waals surface area contributed by atoms with Crippen molar-refractivity contribution in [3.8, 4) is 17.2 Å². The molecule has 0 bridgehead atoms. The first kappa shape index (κ1) is 32.2. The lowest BCUT2D eigenvalue weighted by Crippen LogP contribution is -2.36. The van der Waals surface area contributed by atoms with Crippen LogP contribution in [0.3, 0.4) is 0 Å². The lowest BCUT2D eigenvalue weighted by atomic mass is 10.0. The fourth-order valence-corrected chi connectivity index (χ4v) is 5.97. The maximum atomic E-state index is 13.7. The zero-order valence-electron chi connectivity index (χ0n) is 25.9. The number of methoxy groups -OCH3 is 3. The van der Waals surface area contributed by atoms with E-state index in [0.29, 0.717) is 40.6 Å². The summed E-state index contributed by atoms with van der Waals surface area (Å²) in [5.41, 5.74) is 3.52. The summed E-state index contributed by atoms with van der Waals surface area (Å²) in [6.45, 7) is 0.696. The van der Waals surface area contributed by atoms with Gasteiger partial charge in [0, 0.05) is 40.0 Å². The van der Waals surface area contributed by atoms with Gasteiger partial charge in [-0.05, 0) is 66.9 Å².